The molecule has 0 aromatic heterocycles. The Morgan fingerprint density at radius 3 is 2.26 bits per heavy atom. The van der Waals surface area contributed by atoms with Crippen molar-refractivity contribution in [3.8, 4) is 0 Å². The minimum Gasteiger partial charge on any atom is -0.481 e. The zero-order valence-corrected chi connectivity index (χ0v) is 11.5. The summed E-state index contributed by atoms with van der Waals surface area (Å²) in [6.45, 7) is 0. The van der Waals surface area contributed by atoms with Gasteiger partial charge in [-0.15, -0.1) is 0 Å². The summed E-state index contributed by atoms with van der Waals surface area (Å²) < 4.78 is 0. The van der Waals surface area contributed by atoms with E-state index in [-0.39, 0.29) is 0 Å². The quantitative estimate of drug-likeness (QED) is 0.907. The molecule has 0 fully saturated rings. The van der Waals surface area contributed by atoms with Crippen LogP contribution in [0, 0.1) is 0 Å². The van der Waals surface area contributed by atoms with Crippen molar-refractivity contribution in [1.82, 2.24) is 0 Å². The SMILES string of the molecule is O=C(O)[C@@H](Cc1ccccc1Cl)c1ccc(Cl)cc1. The topological polar surface area (TPSA) is 37.3 Å². The summed E-state index contributed by atoms with van der Waals surface area (Å²) in [5, 5.41) is 10.5. The molecule has 0 bridgehead atoms. The van der Waals surface area contributed by atoms with Gasteiger partial charge in [-0.2, -0.15) is 0 Å². The van der Waals surface area contributed by atoms with Crippen molar-refractivity contribution < 1.29 is 9.90 Å². The van der Waals surface area contributed by atoms with E-state index in [2.05, 4.69) is 0 Å². The average molecular weight is 295 g/mol. The van der Waals surface area contributed by atoms with E-state index >= 15 is 0 Å². The predicted molar refractivity (Wildman–Crippen MR) is 77.0 cm³/mol. The van der Waals surface area contributed by atoms with E-state index in [4.69, 9.17) is 23.2 Å². The van der Waals surface area contributed by atoms with Crippen molar-refractivity contribution in [1.29, 1.82) is 0 Å². The van der Waals surface area contributed by atoms with Crippen LogP contribution >= 0.6 is 23.2 Å². The molecule has 2 nitrogen and oxygen atoms in total. The average Bonchev–Trinajstić information content (AvgIpc) is 2.39. The first-order chi connectivity index (χ1) is 9.08. The number of carboxylic acids is 1. The van der Waals surface area contributed by atoms with Crippen molar-refractivity contribution in [2.45, 2.75) is 12.3 Å². The maximum atomic E-state index is 11.4. The van der Waals surface area contributed by atoms with Gasteiger partial charge in [0.1, 0.15) is 0 Å². The summed E-state index contributed by atoms with van der Waals surface area (Å²) in [7, 11) is 0. The molecule has 2 aromatic carbocycles. The van der Waals surface area contributed by atoms with Crippen LogP contribution < -0.4 is 0 Å². The minimum absolute atomic E-state index is 0.358. The fourth-order valence-electron chi connectivity index (χ4n) is 1.93. The molecule has 0 aliphatic carbocycles. The molecule has 0 aliphatic heterocycles. The fraction of sp³-hybridized carbons (Fsp3) is 0.133. The van der Waals surface area contributed by atoms with Gasteiger partial charge in [0, 0.05) is 10.0 Å². The smallest absolute Gasteiger partial charge is 0.311 e. The number of benzene rings is 2. The number of halogens is 2. The van der Waals surface area contributed by atoms with Gasteiger partial charge in [-0.1, -0.05) is 53.5 Å². The lowest BCUT2D eigenvalue weighted by Gasteiger charge is -2.14. The summed E-state index contributed by atoms with van der Waals surface area (Å²) in [6.07, 6.45) is 0.358. The molecule has 0 aliphatic rings. The van der Waals surface area contributed by atoms with Gasteiger partial charge >= 0.3 is 5.97 Å². The van der Waals surface area contributed by atoms with Crippen molar-refractivity contribution >= 4 is 29.2 Å². The summed E-state index contributed by atoms with van der Waals surface area (Å²) in [4.78, 5) is 11.4. The van der Waals surface area contributed by atoms with E-state index in [9.17, 15) is 9.90 Å². The minimum atomic E-state index is -0.873. The Kier molecular flexibility index (Phi) is 4.46. The lowest BCUT2D eigenvalue weighted by Crippen LogP contribution is -2.14. The molecule has 4 heteroatoms. The summed E-state index contributed by atoms with van der Waals surface area (Å²) in [5.74, 6) is -1.50. The number of carbonyl (C=O) groups is 1. The van der Waals surface area contributed by atoms with Crippen LogP contribution in [0.1, 0.15) is 17.0 Å². The second kappa shape index (κ2) is 6.09. The van der Waals surface area contributed by atoms with Crippen molar-refractivity contribution in [3.05, 3.63) is 69.7 Å². The van der Waals surface area contributed by atoms with E-state index in [1.165, 1.54) is 0 Å². The second-order valence-corrected chi connectivity index (χ2v) is 5.08. The van der Waals surface area contributed by atoms with Gasteiger partial charge in [-0.25, -0.2) is 0 Å². The van der Waals surface area contributed by atoms with Crippen LogP contribution in [-0.4, -0.2) is 11.1 Å². The molecule has 2 rings (SSSR count). The Balaban J connectivity index is 2.29. The highest BCUT2D eigenvalue weighted by Crippen LogP contribution is 2.26. The third-order valence-corrected chi connectivity index (χ3v) is 3.57. The number of carboxylic acid groups (broad SMARTS) is 1. The van der Waals surface area contributed by atoms with Crippen molar-refractivity contribution in [3.63, 3.8) is 0 Å². The molecular formula is C15H12Cl2O2. The van der Waals surface area contributed by atoms with Crippen LogP contribution in [0.5, 0.6) is 0 Å². The molecule has 0 spiro atoms. The second-order valence-electron chi connectivity index (χ2n) is 4.24. The lowest BCUT2D eigenvalue weighted by molar-refractivity contribution is -0.138. The number of aliphatic carboxylic acids is 1. The molecule has 1 atom stereocenters. The third kappa shape index (κ3) is 3.49. The first-order valence-electron chi connectivity index (χ1n) is 5.79. The molecule has 0 amide bonds. The zero-order valence-electron chi connectivity index (χ0n) is 10.0. The highest BCUT2D eigenvalue weighted by molar-refractivity contribution is 6.31. The van der Waals surface area contributed by atoms with E-state index in [1.54, 1.807) is 30.3 Å². The Morgan fingerprint density at radius 2 is 1.68 bits per heavy atom. The maximum Gasteiger partial charge on any atom is 0.311 e. The highest BCUT2D eigenvalue weighted by Gasteiger charge is 2.21. The number of hydrogen-bond donors (Lipinski definition) is 1. The van der Waals surface area contributed by atoms with Crippen molar-refractivity contribution in [2.75, 3.05) is 0 Å². The van der Waals surface area contributed by atoms with Gasteiger partial charge in [-0.05, 0) is 35.7 Å². The van der Waals surface area contributed by atoms with Crippen LogP contribution in [-0.2, 0) is 11.2 Å². The molecule has 1 N–H and O–H groups in total. The predicted octanol–water partition coefficient (Wildman–Crippen LogP) is 4.40. The molecule has 0 saturated carbocycles. The van der Waals surface area contributed by atoms with Crippen LogP contribution in [0.25, 0.3) is 0 Å². The standard InChI is InChI=1S/C15H12Cl2O2/c16-12-7-5-10(6-8-12)13(15(18)19)9-11-3-1-2-4-14(11)17/h1-8,13H,9H2,(H,18,19)/t13-/m0/s1. The van der Waals surface area contributed by atoms with Gasteiger partial charge in [0.2, 0.25) is 0 Å². The molecule has 2 aromatic rings. The first-order valence-corrected chi connectivity index (χ1v) is 6.55. The van der Waals surface area contributed by atoms with Gasteiger partial charge in [-0.3, -0.25) is 4.79 Å². The summed E-state index contributed by atoms with van der Waals surface area (Å²) >= 11 is 11.9. The third-order valence-electron chi connectivity index (χ3n) is 2.95. The fourth-order valence-corrected chi connectivity index (χ4v) is 2.27. The lowest BCUT2D eigenvalue weighted by atomic mass is 9.92. The molecule has 98 valence electrons. The Labute approximate surface area is 121 Å². The maximum absolute atomic E-state index is 11.4. The van der Waals surface area contributed by atoms with Crippen molar-refractivity contribution in [2.24, 2.45) is 0 Å². The highest BCUT2D eigenvalue weighted by atomic mass is 35.5. The first kappa shape index (κ1) is 13.9. The summed E-state index contributed by atoms with van der Waals surface area (Å²) in [6, 6.07) is 14.1. The van der Waals surface area contributed by atoms with E-state index in [0.717, 1.165) is 11.1 Å². The van der Waals surface area contributed by atoms with Gasteiger partial charge in [0.05, 0.1) is 5.92 Å². The summed E-state index contributed by atoms with van der Waals surface area (Å²) in [5.41, 5.74) is 1.54. The van der Waals surface area contributed by atoms with Gasteiger partial charge < -0.3 is 5.11 Å². The van der Waals surface area contributed by atoms with E-state index in [1.807, 2.05) is 18.2 Å². The largest absolute Gasteiger partial charge is 0.481 e. The molecule has 0 heterocycles. The zero-order chi connectivity index (χ0) is 13.8. The number of hydrogen-bond acceptors (Lipinski definition) is 1. The Morgan fingerprint density at radius 1 is 1.05 bits per heavy atom. The Bertz CT molecular complexity index is 579. The van der Waals surface area contributed by atoms with Gasteiger partial charge in [0.15, 0.2) is 0 Å². The molecule has 0 unspecified atom stereocenters. The number of rotatable bonds is 4. The van der Waals surface area contributed by atoms with Gasteiger partial charge in [0.25, 0.3) is 0 Å². The molecule has 0 saturated heterocycles. The van der Waals surface area contributed by atoms with E-state index in [0.29, 0.717) is 16.5 Å². The van der Waals surface area contributed by atoms with Crippen LogP contribution in [0.3, 0.4) is 0 Å². The monoisotopic (exact) mass is 294 g/mol. The van der Waals surface area contributed by atoms with Crippen LogP contribution in [0.15, 0.2) is 48.5 Å². The Hall–Kier alpha value is -1.51. The van der Waals surface area contributed by atoms with Crippen LogP contribution in [0.2, 0.25) is 10.0 Å². The molecule has 19 heavy (non-hydrogen) atoms. The normalized spacial score (nSPS) is 12.1. The van der Waals surface area contributed by atoms with Crippen LogP contribution in [0.4, 0.5) is 0 Å². The molecular weight excluding hydrogens is 283 g/mol. The molecule has 0 radical (unpaired) electrons. The van der Waals surface area contributed by atoms with E-state index < -0.39 is 11.9 Å².